The van der Waals surface area contributed by atoms with E-state index in [9.17, 15) is 0 Å². The van der Waals surface area contributed by atoms with Crippen molar-refractivity contribution in [3.63, 3.8) is 0 Å². The fourth-order valence-electron chi connectivity index (χ4n) is 0.574. The first kappa shape index (κ1) is 13.3. The van der Waals surface area contributed by atoms with E-state index >= 15 is 0 Å². The van der Waals surface area contributed by atoms with Crippen LogP contribution >= 0.6 is 0 Å². The summed E-state index contributed by atoms with van der Waals surface area (Å²) in [7, 11) is 1.97. The minimum atomic E-state index is 0.637. The molecular formula is C10H23N. The summed E-state index contributed by atoms with van der Waals surface area (Å²) in [6.45, 7) is 13.4. The van der Waals surface area contributed by atoms with Crippen LogP contribution in [0.1, 0.15) is 34.1 Å². The summed E-state index contributed by atoms with van der Waals surface area (Å²) in [6.07, 6.45) is 1.11. The molecule has 68 valence electrons. The van der Waals surface area contributed by atoms with E-state index in [4.69, 9.17) is 0 Å². The molecule has 1 N–H and O–H groups in total. The lowest BCUT2D eigenvalue weighted by molar-refractivity contribution is 0.683. The van der Waals surface area contributed by atoms with Crippen LogP contribution in [0.2, 0.25) is 0 Å². The van der Waals surface area contributed by atoms with Crippen LogP contribution in [-0.2, 0) is 0 Å². The Hall–Kier alpha value is -0.300. The van der Waals surface area contributed by atoms with Crippen molar-refractivity contribution in [1.29, 1.82) is 0 Å². The van der Waals surface area contributed by atoms with Gasteiger partial charge in [0.2, 0.25) is 0 Å². The van der Waals surface area contributed by atoms with E-state index in [1.54, 1.807) is 0 Å². The molecule has 0 saturated heterocycles. The number of nitrogens with one attached hydrogen (secondary N) is 1. The fraction of sp³-hybridized carbons (Fsp3) is 0.800. The van der Waals surface area contributed by atoms with Crippen molar-refractivity contribution in [3.05, 3.63) is 12.2 Å². The summed E-state index contributed by atoms with van der Waals surface area (Å²) in [5.41, 5.74) is 1.34. The summed E-state index contributed by atoms with van der Waals surface area (Å²) in [5.74, 6) is 0.637. The van der Waals surface area contributed by atoms with Crippen molar-refractivity contribution >= 4 is 0 Å². The van der Waals surface area contributed by atoms with Gasteiger partial charge in [-0.1, -0.05) is 39.8 Å². The summed E-state index contributed by atoms with van der Waals surface area (Å²) in [4.78, 5) is 0. The standard InChI is InChI=1S/C8H17N.C2H6/c1-7(2)8(3)5-6-9-4;1-2/h7,9H,3,5-6H2,1-2,4H3;1-2H3. The minimum absolute atomic E-state index is 0.637. The lowest BCUT2D eigenvalue weighted by Crippen LogP contribution is -2.09. The van der Waals surface area contributed by atoms with E-state index < -0.39 is 0 Å². The number of hydrogen-bond acceptors (Lipinski definition) is 1. The molecule has 0 spiro atoms. The first-order valence-electron chi connectivity index (χ1n) is 4.50. The molecule has 0 heterocycles. The van der Waals surface area contributed by atoms with E-state index in [-0.39, 0.29) is 0 Å². The van der Waals surface area contributed by atoms with Crippen molar-refractivity contribution in [2.24, 2.45) is 5.92 Å². The van der Waals surface area contributed by atoms with Crippen LogP contribution in [0.3, 0.4) is 0 Å². The van der Waals surface area contributed by atoms with Gasteiger partial charge in [-0.2, -0.15) is 0 Å². The van der Waals surface area contributed by atoms with Crippen molar-refractivity contribution in [3.8, 4) is 0 Å². The normalized spacial score (nSPS) is 8.91. The highest BCUT2D eigenvalue weighted by Gasteiger charge is 1.97. The van der Waals surface area contributed by atoms with Gasteiger partial charge in [-0.15, -0.1) is 0 Å². The first-order chi connectivity index (χ1) is 5.18. The molecule has 0 unspecified atom stereocenters. The van der Waals surface area contributed by atoms with Crippen LogP contribution in [0.5, 0.6) is 0 Å². The SMILES string of the molecule is C=C(CCNC)C(C)C.CC. The van der Waals surface area contributed by atoms with Gasteiger partial charge in [0.15, 0.2) is 0 Å². The van der Waals surface area contributed by atoms with E-state index in [2.05, 4.69) is 25.7 Å². The third kappa shape index (κ3) is 9.70. The van der Waals surface area contributed by atoms with Crippen molar-refractivity contribution in [1.82, 2.24) is 5.32 Å². The zero-order chi connectivity index (χ0) is 9.28. The summed E-state index contributed by atoms with van der Waals surface area (Å²) in [5, 5.41) is 3.09. The quantitative estimate of drug-likeness (QED) is 0.619. The fourth-order valence-corrected chi connectivity index (χ4v) is 0.574. The highest BCUT2D eigenvalue weighted by molar-refractivity contribution is 4.97. The third-order valence-electron chi connectivity index (χ3n) is 1.51. The maximum absolute atomic E-state index is 3.95. The lowest BCUT2D eigenvalue weighted by Gasteiger charge is -2.07. The zero-order valence-electron chi connectivity index (χ0n) is 8.70. The molecule has 0 aromatic heterocycles. The van der Waals surface area contributed by atoms with E-state index in [0.717, 1.165) is 13.0 Å². The third-order valence-corrected chi connectivity index (χ3v) is 1.51. The van der Waals surface area contributed by atoms with Crippen LogP contribution in [0.4, 0.5) is 0 Å². The molecule has 1 nitrogen and oxygen atoms in total. The Morgan fingerprint density at radius 3 is 2.09 bits per heavy atom. The average molecular weight is 157 g/mol. The first-order valence-corrected chi connectivity index (χ1v) is 4.50. The highest BCUT2D eigenvalue weighted by atomic mass is 14.8. The summed E-state index contributed by atoms with van der Waals surface area (Å²) < 4.78 is 0. The summed E-state index contributed by atoms with van der Waals surface area (Å²) >= 11 is 0. The minimum Gasteiger partial charge on any atom is -0.319 e. The Balaban J connectivity index is 0. The van der Waals surface area contributed by atoms with Crippen molar-refractivity contribution in [2.45, 2.75) is 34.1 Å². The van der Waals surface area contributed by atoms with Crippen LogP contribution in [-0.4, -0.2) is 13.6 Å². The largest absolute Gasteiger partial charge is 0.319 e. The van der Waals surface area contributed by atoms with Crippen LogP contribution in [0, 0.1) is 5.92 Å². The molecule has 0 aromatic carbocycles. The zero-order valence-corrected chi connectivity index (χ0v) is 8.70. The molecule has 0 saturated carbocycles. The monoisotopic (exact) mass is 157 g/mol. The van der Waals surface area contributed by atoms with Gasteiger partial charge in [0.1, 0.15) is 0 Å². The molecule has 0 amide bonds. The topological polar surface area (TPSA) is 12.0 Å². The molecule has 0 fully saturated rings. The Morgan fingerprint density at radius 1 is 1.36 bits per heavy atom. The highest BCUT2D eigenvalue weighted by Crippen LogP contribution is 2.09. The Bertz CT molecular complexity index is 84.9. The molecule has 0 atom stereocenters. The van der Waals surface area contributed by atoms with E-state index in [1.807, 2.05) is 20.9 Å². The Labute approximate surface area is 71.9 Å². The molecule has 0 bridgehead atoms. The molecular weight excluding hydrogens is 134 g/mol. The van der Waals surface area contributed by atoms with E-state index in [1.165, 1.54) is 5.57 Å². The Kier molecular flexibility index (Phi) is 11.7. The summed E-state index contributed by atoms with van der Waals surface area (Å²) in [6, 6.07) is 0. The second kappa shape index (κ2) is 9.70. The van der Waals surface area contributed by atoms with Gasteiger partial charge in [0.25, 0.3) is 0 Å². The van der Waals surface area contributed by atoms with Crippen molar-refractivity contribution < 1.29 is 0 Å². The molecule has 0 aliphatic heterocycles. The predicted octanol–water partition coefficient (Wildman–Crippen LogP) is 2.83. The van der Waals surface area contributed by atoms with Gasteiger partial charge in [-0.3, -0.25) is 0 Å². The van der Waals surface area contributed by atoms with Gasteiger partial charge in [0, 0.05) is 0 Å². The van der Waals surface area contributed by atoms with Gasteiger partial charge >= 0.3 is 0 Å². The van der Waals surface area contributed by atoms with Crippen LogP contribution < -0.4 is 5.32 Å². The van der Waals surface area contributed by atoms with Gasteiger partial charge in [-0.05, 0) is 25.9 Å². The smallest absolute Gasteiger partial charge is 0.00146 e. The maximum atomic E-state index is 3.95. The van der Waals surface area contributed by atoms with Crippen molar-refractivity contribution in [2.75, 3.05) is 13.6 Å². The van der Waals surface area contributed by atoms with Crippen LogP contribution in [0.15, 0.2) is 12.2 Å². The van der Waals surface area contributed by atoms with Gasteiger partial charge in [-0.25, -0.2) is 0 Å². The number of rotatable bonds is 4. The average Bonchev–Trinajstić information content (AvgIpc) is 2.03. The van der Waals surface area contributed by atoms with Gasteiger partial charge < -0.3 is 5.32 Å². The molecule has 0 rings (SSSR count). The lowest BCUT2D eigenvalue weighted by atomic mass is 10.0. The molecule has 0 aliphatic rings. The van der Waals surface area contributed by atoms with Crippen LogP contribution in [0.25, 0.3) is 0 Å². The molecule has 0 radical (unpaired) electrons. The molecule has 0 aromatic rings. The predicted molar refractivity (Wildman–Crippen MR) is 53.9 cm³/mol. The molecule has 11 heavy (non-hydrogen) atoms. The maximum Gasteiger partial charge on any atom is -0.00146 e. The Morgan fingerprint density at radius 2 is 1.82 bits per heavy atom. The molecule has 0 aliphatic carbocycles. The second-order valence-corrected chi connectivity index (χ2v) is 2.67. The molecule has 1 heteroatoms. The van der Waals surface area contributed by atoms with Gasteiger partial charge in [0.05, 0.1) is 0 Å². The number of hydrogen-bond donors (Lipinski definition) is 1. The van der Waals surface area contributed by atoms with E-state index in [0.29, 0.717) is 5.92 Å². The second-order valence-electron chi connectivity index (χ2n) is 2.67.